The van der Waals surface area contributed by atoms with E-state index < -0.39 is 0 Å². The average molecular weight is 373 g/mol. The number of thiazole rings is 1. The van der Waals surface area contributed by atoms with E-state index in [4.69, 9.17) is 4.74 Å². The van der Waals surface area contributed by atoms with Crippen LogP contribution in [0.2, 0.25) is 0 Å². The summed E-state index contributed by atoms with van der Waals surface area (Å²) < 4.78 is 5.81. The first-order valence-corrected chi connectivity index (χ1v) is 9.20. The zero-order valence-corrected chi connectivity index (χ0v) is 15.9. The molecule has 6 nitrogen and oxygen atoms in total. The number of rotatable bonds is 8. The van der Waals surface area contributed by atoms with E-state index in [2.05, 4.69) is 15.6 Å². The SMILES string of the molecule is Cc1nc(COc2ccccc2/C=C/C(=O)NCC(=O)NC(C)C)cs1. The van der Waals surface area contributed by atoms with Crippen LogP contribution in [0.15, 0.2) is 35.7 Å². The Hall–Kier alpha value is -2.67. The lowest BCUT2D eigenvalue weighted by molar-refractivity contribution is -0.124. The second-order valence-corrected chi connectivity index (χ2v) is 7.02. The third-order valence-electron chi connectivity index (χ3n) is 3.25. The minimum Gasteiger partial charge on any atom is -0.487 e. The zero-order chi connectivity index (χ0) is 18.9. The normalized spacial score (nSPS) is 10.9. The highest BCUT2D eigenvalue weighted by molar-refractivity contribution is 7.09. The van der Waals surface area contributed by atoms with Gasteiger partial charge in [0.1, 0.15) is 12.4 Å². The molecule has 7 heteroatoms. The number of amides is 2. The molecule has 2 N–H and O–H groups in total. The number of nitrogens with one attached hydrogen (secondary N) is 2. The standard InChI is InChI=1S/C19H23N3O3S/c1-13(2)21-19(24)10-20-18(23)9-8-15-6-4-5-7-17(15)25-11-16-12-26-14(3)22-16/h4-9,12-13H,10-11H2,1-3H3,(H,20,23)(H,21,24)/b9-8+. The summed E-state index contributed by atoms with van der Waals surface area (Å²) in [5.74, 6) is 0.109. The minimum absolute atomic E-state index is 0.0421. The van der Waals surface area contributed by atoms with Gasteiger partial charge in [0.15, 0.2) is 0 Å². The fourth-order valence-corrected chi connectivity index (χ4v) is 2.74. The van der Waals surface area contributed by atoms with Crippen LogP contribution in [-0.2, 0) is 16.2 Å². The maximum absolute atomic E-state index is 11.9. The fourth-order valence-electron chi connectivity index (χ4n) is 2.14. The lowest BCUT2D eigenvalue weighted by Crippen LogP contribution is -2.39. The van der Waals surface area contributed by atoms with E-state index in [0.717, 1.165) is 16.3 Å². The number of para-hydroxylation sites is 1. The summed E-state index contributed by atoms with van der Waals surface area (Å²) in [6, 6.07) is 7.48. The number of carbonyl (C=O) groups is 2. The monoisotopic (exact) mass is 373 g/mol. The van der Waals surface area contributed by atoms with Crippen molar-refractivity contribution >= 4 is 29.2 Å². The first-order chi connectivity index (χ1) is 12.4. The van der Waals surface area contributed by atoms with E-state index in [0.29, 0.717) is 12.4 Å². The molecule has 0 fully saturated rings. The number of nitrogens with zero attached hydrogens (tertiary/aromatic N) is 1. The number of hydrogen-bond acceptors (Lipinski definition) is 5. The van der Waals surface area contributed by atoms with Gasteiger partial charge in [-0.05, 0) is 32.9 Å². The Morgan fingerprint density at radius 3 is 2.77 bits per heavy atom. The van der Waals surface area contributed by atoms with Crippen LogP contribution in [0.5, 0.6) is 5.75 Å². The molecule has 2 rings (SSSR count). The van der Waals surface area contributed by atoms with Gasteiger partial charge in [-0.1, -0.05) is 18.2 Å². The van der Waals surface area contributed by atoms with Crippen LogP contribution in [0.3, 0.4) is 0 Å². The van der Waals surface area contributed by atoms with Gasteiger partial charge in [0.2, 0.25) is 11.8 Å². The summed E-state index contributed by atoms with van der Waals surface area (Å²) in [5.41, 5.74) is 1.65. The molecule has 26 heavy (non-hydrogen) atoms. The third kappa shape index (κ3) is 6.68. The molecule has 1 heterocycles. The van der Waals surface area contributed by atoms with Crippen LogP contribution in [0.25, 0.3) is 6.08 Å². The molecule has 0 aliphatic heterocycles. The Morgan fingerprint density at radius 2 is 2.08 bits per heavy atom. The van der Waals surface area contributed by atoms with Crippen molar-refractivity contribution < 1.29 is 14.3 Å². The molecular formula is C19H23N3O3S. The van der Waals surface area contributed by atoms with Crippen LogP contribution >= 0.6 is 11.3 Å². The zero-order valence-electron chi connectivity index (χ0n) is 15.1. The smallest absolute Gasteiger partial charge is 0.244 e. The highest BCUT2D eigenvalue weighted by Gasteiger charge is 2.06. The Labute approximate surface area is 157 Å². The van der Waals surface area contributed by atoms with E-state index in [-0.39, 0.29) is 24.4 Å². The topological polar surface area (TPSA) is 80.3 Å². The molecule has 0 unspecified atom stereocenters. The molecule has 1 aromatic heterocycles. The first-order valence-electron chi connectivity index (χ1n) is 8.32. The van der Waals surface area contributed by atoms with Gasteiger partial charge in [0, 0.05) is 23.1 Å². The Balaban J connectivity index is 1.90. The third-order valence-corrected chi connectivity index (χ3v) is 4.07. The van der Waals surface area contributed by atoms with E-state index in [9.17, 15) is 9.59 Å². The van der Waals surface area contributed by atoms with Crippen molar-refractivity contribution in [3.05, 3.63) is 52.0 Å². The van der Waals surface area contributed by atoms with Gasteiger partial charge >= 0.3 is 0 Å². The molecule has 0 spiro atoms. The molecule has 0 bridgehead atoms. The van der Waals surface area contributed by atoms with Crippen LogP contribution in [0, 0.1) is 6.92 Å². The molecule has 0 saturated carbocycles. The lowest BCUT2D eigenvalue weighted by atomic mass is 10.2. The predicted molar refractivity (Wildman–Crippen MR) is 103 cm³/mol. The summed E-state index contributed by atoms with van der Waals surface area (Å²) in [6.45, 7) is 6.00. The molecule has 138 valence electrons. The molecule has 0 aliphatic carbocycles. The highest BCUT2D eigenvalue weighted by atomic mass is 32.1. The molecule has 0 atom stereocenters. The van der Waals surface area contributed by atoms with E-state index in [1.165, 1.54) is 6.08 Å². The van der Waals surface area contributed by atoms with Gasteiger partial charge in [-0.15, -0.1) is 11.3 Å². The Kier molecular flexibility index (Phi) is 7.35. The number of aromatic nitrogens is 1. The lowest BCUT2D eigenvalue weighted by Gasteiger charge is -2.09. The minimum atomic E-state index is -0.339. The summed E-state index contributed by atoms with van der Waals surface area (Å²) in [5, 5.41) is 8.22. The van der Waals surface area contributed by atoms with Crippen molar-refractivity contribution in [1.82, 2.24) is 15.6 Å². The Morgan fingerprint density at radius 1 is 1.31 bits per heavy atom. The van der Waals surface area contributed by atoms with Gasteiger partial charge in [-0.2, -0.15) is 0 Å². The van der Waals surface area contributed by atoms with Crippen LogP contribution in [0.4, 0.5) is 0 Å². The van der Waals surface area contributed by atoms with Crippen molar-refractivity contribution in [1.29, 1.82) is 0 Å². The summed E-state index contributed by atoms with van der Waals surface area (Å²) >= 11 is 1.58. The predicted octanol–water partition coefficient (Wildman–Crippen LogP) is 2.68. The summed E-state index contributed by atoms with van der Waals surface area (Å²) in [4.78, 5) is 27.8. The second kappa shape index (κ2) is 9.72. The molecule has 1 aromatic carbocycles. The first kappa shape index (κ1) is 19.7. The summed E-state index contributed by atoms with van der Waals surface area (Å²) in [7, 11) is 0. The number of hydrogen-bond donors (Lipinski definition) is 2. The number of carbonyl (C=O) groups excluding carboxylic acids is 2. The highest BCUT2D eigenvalue weighted by Crippen LogP contribution is 2.21. The molecular weight excluding hydrogens is 350 g/mol. The van der Waals surface area contributed by atoms with Crippen molar-refractivity contribution in [2.75, 3.05) is 6.54 Å². The van der Waals surface area contributed by atoms with Gasteiger partial charge in [-0.3, -0.25) is 9.59 Å². The van der Waals surface area contributed by atoms with Crippen molar-refractivity contribution in [3.8, 4) is 5.75 Å². The molecule has 2 amide bonds. The van der Waals surface area contributed by atoms with Gasteiger partial charge < -0.3 is 15.4 Å². The number of aryl methyl sites for hydroxylation is 1. The van der Waals surface area contributed by atoms with Crippen molar-refractivity contribution in [3.63, 3.8) is 0 Å². The van der Waals surface area contributed by atoms with E-state index in [1.54, 1.807) is 17.4 Å². The largest absolute Gasteiger partial charge is 0.487 e. The van der Waals surface area contributed by atoms with Crippen molar-refractivity contribution in [2.45, 2.75) is 33.4 Å². The van der Waals surface area contributed by atoms with Gasteiger partial charge in [-0.25, -0.2) is 4.98 Å². The number of benzene rings is 1. The molecule has 0 aliphatic rings. The van der Waals surface area contributed by atoms with Gasteiger partial charge in [0.05, 0.1) is 17.2 Å². The second-order valence-electron chi connectivity index (χ2n) is 5.96. The quantitative estimate of drug-likeness (QED) is 0.697. The maximum Gasteiger partial charge on any atom is 0.244 e. The number of ether oxygens (including phenoxy) is 1. The molecule has 0 saturated heterocycles. The summed E-state index contributed by atoms with van der Waals surface area (Å²) in [6.07, 6.45) is 3.05. The van der Waals surface area contributed by atoms with E-state index in [1.807, 2.05) is 50.4 Å². The van der Waals surface area contributed by atoms with Crippen LogP contribution < -0.4 is 15.4 Å². The molecule has 0 radical (unpaired) electrons. The van der Waals surface area contributed by atoms with Gasteiger partial charge in [0.25, 0.3) is 0 Å². The Bertz CT molecular complexity index is 784. The van der Waals surface area contributed by atoms with Crippen molar-refractivity contribution in [2.24, 2.45) is 0 Å². The van der Waals surface area contributed by atoms with Crippen LogP contribution in [0.1, 0.15) is 30.1 Å². The fraction of sp³-hybridized carbons (Fsp3) is 0.316. The van der Waals surface area contributed by atoms with Crippen LogP contribution in [-0.4, -0.2) is 29.4 Å². The van der Waals surface area contributed by atoms with E-state index >= 15 is 0 Å². The maximum atomic E-state index is 11.9. The average Bonchev–Trinajstić information content (AvgIpc) is 3.02. The molecule has 2 aromatic rings.